The smallest absolute Gasteiger partial charge is 0.0174 e. The first-order valence-corrected chi connectivity index (χ1v) is 9.91. The first kappa shape index (κ1) is 15.0. The second kappa shape index (κ2) is 6.44. The summed E-state index contributed by atoms with van der Waals surface area (Å²) in [7, 11) is 0. The van der Waals surface area contributed by atoms with Crippen LogP contribution in [0, 0.1) is 17.8 Å². The number of hydrogen-bond donors (Lipinski definition) is 0. The molecular weight excluding hydrogens is 328 g/mol. The standard InChI is InChI=1S/C18H25BrS/c1-12(2)13-7-8-17(19)14(9-13)10-15-11-20-18-6-4-3-5-16(15)18/h3-6,12-15,17H,7-11H2,1-2H3. The quantitative estimate of drug-likeness (QED) is 0.592. The average Bonchev–Trinajstić information content (AvgIpc) is 2.84. The number of hydrogen-bond acceptors (Lipinski definition) is 1. The molecule has 1 heterocycles. The Morgan fingerprint density at radius 3 is 2.85 bits per heavy atom. The molecule has 0 N–H and O–H groups in total. The molecule has 4 atom stereocenters. The first-order valence-electron chi connectivity index (χ1n) is 8.01. The molecule has 0 spiro atoms. The van der Waals surface area contributed by atoms with E-state index in [2.05, 4.69) is 65.8 Å². The molecule has 1 aromatic carbocycles. The van der Waals surface area contributed by atoms with Gasteiger partial charge in [-0.05, 0) is 61.0 Å². The summed E-state index contributed by atoms with van der Waals surface area (Å²) in [6, 6.07) is 9.04. The van der Waals surface area contributed by atoms with Gasteiger partial charge < -0.3 is 0 Å². The third kappa shape index (κ3) is 3.11. The van der Waals surface area contributed by atoms with Gasteiger partial charge in [-0.15, -0.1) is 11.8 Å². The van der Waals surface area contributed by atoms with Crippen molar-refractivity contribution in [2.45, 2.75) is 55.2 Å². The van der Waals surface area contributed by atoms with E-state index in [1.54, 1.807) is 5.56 Å². The summed E-state index contributed by atoms with van der Waals surface area (Å²) in [5, 5.41) is 0. The highest BCUT2D eigenvalue weighted by Gasteiger charge is 2.34. The van der Waals surface area contributed by atoms with Gasteiger partial charge in [0.05, 0.1) is 0 Å². The normalized spacial score (nSPS) is 33.4. The predicted molar refractivity (Wildman–Crippen MR) is 92.9 cm³/mol. The molecular formula is C18H25BrS. The van der Waals surface area contributed by atoms with Crippen LogP contribution in [0.1, 0.15) is 51.0 Å². The molecule has 4 unspecified atom stereocenters. The largest absolute Gasteiger partial charge is 0.125 e. The Morgan fingerprint density at radius 2 is 2.05 bits per heavy atom. The molecule has 20 heavy (non-hydrogen) atoms. The minimum absolute atomic E-state index is 0.746. The molecule has 110 valence electrons. The Kier molecular flexibility index (Phi) is 4.82. The van der Waals surface area contributed by atoms with Gasteiger partial charge in [0.25, 0.3) is 0 Å². The Bertz CT molecular complexity index is 456. The SMILES string of the molecule is CC(C)C1CCC(Br)C(CC2CSc3ccccc32)C1. The summed E-state index contributed by atoms with van der Waals surface area (Å²) in [4.78, 5) is 2.27. The Hall–Kier alpha value is 0.0500. The average molecular weight is 353 g/mol. The van der Waals surface area contributed by atoms with E-state index < -0.39 is 0 Å². The highest BCUT2D eigenvalue weighted by atomic mass is 79.9. The summed E-state index contributed by atoms with van der Waals surface area (Å²) < 4.78 is 0. The van der Waals surface area contributed by atoms with Crippen molar-refractivity contribution in [3.63, 3.8) is 0 Å². The molecule has 0 amide bonds. The highest BCUT2D eigenvalue weighted by Crippen LogP contribution is 2.47. The lowest BCUT2D eigenvalue weighted by atomic mass is 9.73. The van der Waals surface area contributed by atoms with E-state index in [4.69, 9.17) is 0 Å². The van der Waals surface area contributed by atoms with Gasteiger partial charge >= 0.3 is 0 Å². The fourth-order valence-electron chi connectivity index (χ4n) is 3.90. The van der Waals surface area contributed by atoms with E-state index in [1.165, 1.54) is 36.3 Å². The van der Waals surface area contributed by atoms with Crippen molar-refractivity contribution in [1.82, 2.24) is 0 Å². The predicted octanol–water partition coefficient (Wildman–Crippen LogP) is 6.10. The molecule has 1 aliphatic carbocycles. The molecule has 1 aliphatic heterocycles. The van der Waals surface area contributed by atoms with Crippen molar-refractivity contribution in [1.29, 1.82) is 0 Å². The van der Waals surface area contributed by atoms with Gasteiger partial charge in [0.15, 0.2) is 0 Å². The van der Waals surface area contributed by atoms with Crippen LogP contribution in [0.15, 0.2) is 29.2 Å². The second-order valence-corrected chi connectivity index (χ2v) is 9.11. The molecule has 2 aliphatic rings. The number of benzene rings is 1. The minimum atomic E-state index is 0.746. The van der Waals surface area contributed by atoms with Crippen molar-refractivity contribution >= 4 is 27.7 Å². The van der Waals surface area contributed by atoms with Gasteiger partial charge in [0, 0.05) is 15.5 Å². The summed E-state index contributed by atoms with van der Waals surface area (Å²) in [5.41, 5.74) is 1.61. The lowest BCUT2D eigenvalue weighted by Crippen LogP contribution is -2.29. The zero-order chi connectivity index (χ0) is 14.1. The maximum Gasteiger partial charge on any atom is 0.0174 e. The van der Waals surface area contributed by atoms with Crippen LogP contribution in [0.3, 0.4) is 0 Å². The number of rotatable bonds is 3. The van der Waals surface area contributed by atoms with Crippen LogP contribution < -0.4 is 0 Å². The van der Waals surface area contributed by atoms with E-state index in [1.807, 2.05) is 0 Å². The number of thioether (sulfide) groups is 1. The van der Waals surface area contributed by atoms with Crippen molar-refractivity contribution in [2.75, 3.05) is 5.75 Å². The van der Waals surface area contributed by atoms with Crippen LogP contribution in [-0.4, -0.2) is 10.6 Å². The van der Waals surface area contributed by atoms with Gasteiger partial charge in [-0.2, -0.15) is 0 Å². The zero-order valence-corrected chi connectivity index (χ0v) is 14.9. The third-order valence-electron chi connectivity index (χ3n) is 5.26. The topological polar surface area (TPSA) is 0 Å². The van der Waals surface area contributed by atoms with Gasteiger partial charge in [0.2, 0.25) is 0 Å². The summed E-state index contributed by atoms with van der Waals surface area (Å²) >= 11 is 6.03. The van der Waals surface area contributed by atoms with E-state index in [0.29, 0.717) is 0 Å². The van der Waals surface area contributed by atoms with Crippen molar-refractivity contribution in [3.05, 3.63) is 29.8 Å². The Balaban J connectivity index is 1.68. The lowest BCUT2D eigenvalue weighted by molar-refractivity contribution is 0.210. The van der Waals surface area contributed by atoms with Gasteiger partial charge in [-0.1, -0.05) is 48.0 Å². The van der Waals surface area contributed by atoms with Gasteiger partial charge in [-0.3, -0.25) is 0 Å². The molecule has 0 saturated heterocycles. The van der Waals surface area contributed by atoms with Crippen LogP contribution in [0.2, 0.25) is 0 Å². The van der Waals surface area contributed by atoms with Crippen LogP contribution in [0.4, 0.5) is 0 Å². The van der Waals surface area contributed by atoms with E-state index in [0.717, 1.165) is 28.5 Å². The zero-order valence-electron chi connectivity index (χ0n) is 12.5. The van der Waals surface area contributed by atoms with Crippen LogP contribution in [0.5, 0.6) is 0 Å². The van der Waals surface area contributed by atoms with E-state index >= 15 is 0 Å². The molecule has 1 saturated carbocycles. The lowest BCUT2D eigenvalue weighted by Gasteiger charge is -2.36. The van der Waals surface area contributed by atoms with E-state index in [9.17, 15) is 0 Å². The molecule has 2 heteroatoms. The minimum Gasteiger partial charge on any atom is -0.125 e. The Labute approximate surface area is 136 Å². The van der Waals surface area contributed by atoms with Crippen molar-refractivity contribution in [3.8, 4) is 0 Å². The fraction of sp³-hybridized carbons (Fsp3) is 0.667. The van der Waals surface area contributed by atoms with Crippen molar-refractivity contribution < 1.29 is 0 Å². The monoisotopic (exact) mass is 352 g/mol. The molecule has 3 rings (SSSR count). The number of alkyl halides is 1. The third-order valence-corrected chi connectivity index (χ3v) is 7.72. The molecule has 1 aromatic rings. The maximum atomic E-state index is 3.97. The highest BCUT2D eigenvalue weighted by molar-refractivity contribution is 9.09. The number of halogens is 1. The van der Waals surface area contributed by atoms with Crippen LogP contribution in [-0.2, 0) is 0 Å². The molecule has 0 bridgehead atoms. The van der Waals surface area contributed by atoms with Gasteiger partial charge in [-0.25, -0.2) is 0 Å². The number of fused-ring (bicyclic) bond motifs is 1. The van der Waals surface area contributed by atoms with Gasteiger partial charge in [0.1, 0.15) is 0 Å². The fourth-order valence-corrected chi connectivity index (χ4v) is 5.87. The van der Waals surface area contributed by atoms with Crippen LogP contribution >= 0.6 is 27.7 Å². The summed E-state index contributed by atoms with van der Waals surface area (Å²) in [5.74, 6) is 4.74. The first-order chi connectivity index (χ1) is 9.65. The second-order valence-electron chi connectivity index (χ2n) is 6.87. The molecule has 1 fully saturated rings. The van der Waals surface area contributed by atoms with E-state index in [-0.39, 0.29) is 0 Å². The Morgan fingerprint density at radius 1 is 1.25 bits per heavy atom. The summed E-state index contributed by atoms with van der Waals surface area (Å²) in [6.45, 7) is 4.80. The summed E-state index contributed by atoms with van der Waals surface area (Å²) in [6.07, 6.45) is 5.59. The molecule has 0 radical (unpaired) electrons. The van der Waals surface area contributed by atoms with Crippen LogP contribution in [0.25, 0.3) is 0 Å². The molecule has 0 aromatic heterocycles. The van der Waals surface area contributed by atoms with Crippen molar-refractivity contribution in [2.24, 2.45) is 17.8 Å². The maximum absolute atomic E-state index is 3.97. The molecule has 0 nitrogen and oxygen atoms in total.